The average molecular weight is 410 g/mol. The van der Waals surface area contributed by atoms with Gasteiger partial charge in [-0.2, -0.15) is 0 Å². The van der Waals surface area contributed by atoms with Crippen LogP contribution in [-0.4, -0.2) is 22.2 Å². The topological polar surface area (TPSA) is 64.5 Å². The Morgan fingerprint density at radius 3 is 2.52 bits per heavy atom. The van der Waals surface area contributed by atoms with E-state index >= 15 is 0 Å². The Labute approximate surface area is 181 Å². The van der Waals surface area contributed by atoms with Gasteiger partial charge in [-0.1, -0.05) is 55.1 Å². The van der Waals surface area contributed by atoms with Crippen molar-refractivity contribution in [1.82, 2.24) is 9.97 Å². The van der Waals surface area contributed by atoms with Crippen LogP contribution in [0.15, 0.2) is 85.8 Å². The van der Waals surface area contributed by atoms with Crippen LogP contribution in [0.1, 0.15) is 11.1 Å². The van der Waals surface area contributed by atoms with Crippen LogP contribution in [0.5, 0.6) is 17.2 Å². The molecular formula is C26H22N2O3. The van der Waals surface area contributed by atoms with Gasteiger partial charge in [-0.25, -0.2) is 9.97 Å². The normalized spacial score (nSPS) is 10.5. The Morgan fingerprint density at radius 1 is 0.968 bits per heavy atom. The molecular weight excluding hydrogens is 388 g/mol. The van der Waals surface area contributed by atoms with Crippen LogP contribution < -0.4 is 9.47 Å². The van der Waals surface area contributed by atoms with E-state index in [0.717, 1.165) is 22.3 Å². The van der Waals surface area contributed by atoms with Crippen molar-refractivity contribution in [2.45, 2.75) is 6.61 Å². The highest BCUT2D eigenvalue weighted by Crippen LogP contribution is 2.39. The van der Waals surface area contributed by atoms with E-state index in [0.29, 0.717) is 29.4 Å². The number of nitrogens with zero attached hydrogens (tertiary/aromatic N) is 2. The lowest BCUT2D eigenvalue weighted by Gasteiger charge is -2.14. The molecule has 1 heterocycles. The lowest BCUT2D eigenvalue weighted by Crippen LogP contribution is -1.97. The minimum atomic E-state index is 0.0781. The maximum atomic E-state index is 10.7. The van der Waals surface area contributed by atoms with Crippen molar-refractivity contribution in [2.24, 2.45) is 0 Å². The van der Waals surface area contributed by atoms with Crippen molar-refractivity contribution in [3.63, 3.8) is 0 Å². The van der Waals surface area contributed by atoms with E-state index in [2.05, 4.69) is 16.5 Å². The van der Waals surface area contributed by atoms with Gasteiger partial charge in [0.15, 0.2) is 0 Å². The monoisotopic (exact) mass is 410 g/mol. The molecule has 0 aliphatic rings. The molecule has 0 radical (unpaired) electrons. The van der Waals surface area contributed by atoms with Gasteiger partial charge in [0.05, 0.1) is 12.8 Å². The molecule has 0 bridgehead atoms. The zero-order valence-corrected chi connectivity index (χ0v) is 17.2. The van der Waals surface area contributed by atoms with Crippen LogP contribution in [0.2, 0.25) is 0 Å². The summed E-state index contributed by atoms with van der Waals surface area (Å²) in [7, 11) is 1.62. The van der Waals surface area contributed by atoms with E-state index in [1.165, 1.54) is 6.33 Å². The van der Waals surface area contributed by atoms with E-state index in [-0.39, 0.29) is 5.75 Å². The quantitative estimate of drug-likeness (QED) is 0.420. The number of para-hydroxylation sites is 1. The van der Waals surface area contributed by atoms with Gasteiger partial charge < -0.3 is 14.6 Å². The molecule has 0 aliphatic carbocycles. The molecule has 154 valence electrons. The second-order valence-corrected chi connectivity index (χ2v) is 6.90. The number of hydrogen-bond donors (Lipinski definition) is 1. The highest BCUT2D eigenvalue weighted by atomic mass is 16.5. The fourth-order valence-corrected chi connectivity index (χ4v) is 3.33. The Morgan fingerprint density at radius 2 is 1.77 bits per heavy atom. The number of hydrogen-bond acceptors (Lipinski definition) is 5. The van der Waals surface area contributed by atoms with Gasteiger partial charge in [-0.15, -0.1) is 0 Å². The number of phenolic OH excluding ortho intramolecular Hbond substituents is 1. The van der Waals surface area contributed by atoms with Crippen LogP contribution in [0.3, 0.4) is 0 Å². The minimum Gasteiger partial charge on any atom is -0.507 e. The van der Waals surface area contributed by atoms with Crippen molar-refractivity contribution in [3.8, 4) is 39.6 Å². The summed E-state index contributed by atoms with van der Waals surface area (Å²) in [5.41, 5.74) is 4.91. The molecule has 5 heteroatoms. The zero-order chi connectivity index (χ0) is 21.6. The smallest absolute Gasteiger partial charge is 0.128 e. The zero-order valence-electron chi connectivity index (χ0n) is 17.2. The van der Waals surface area contributed by atoms with Crippen molar-refractivity contribution in [2.75, 3.05) is 7.11 Å². The molecule has 0 spiro atoms. The van der Waals surface area contributed by atoms with E-state index in [1.807, 2.05) is 54.6 Å². The van der Waals surface area contributed by atoms with Gasteiger partial charge in [0, 0.05) is 29.0 Å². The Balaban J connectivity index is 1.61. The molecule has 4 rings (SSSR count). The Kier molecular flexibility index (Phi) is 5.94. The van der Waals surface area contributed by atoms with Crippen LogP contribution in [0.25, 0.3) is 28.5 Å². The summed E-state index contributed by atoms with van der Waals surface area (Å²) in [5.74, 6) is 1.36. The number of methoxy groups -OCH3 is 1. The van der Waals surface area contributed by atoms with Crippen molar-refractivity contribution >= 4 is 6.08 Å². The number of rotatable bonds is 7. The SMILES string of the molecule is C=Cc1ccc(COc2ccc(-c3ncncc3-c3ccccc3OC)c(O)c2)cc1. The number of phenols is 1. The Hall–Kier alpha value is -4.12. The maximum absolute atomic E-state index is 10.7. The van der Waals surface area contributed by atoms with Gasteiger partial charge in [0.25, 0.3) is 0 Å². The summed E-state index contributed by atoms with van der Waals surface area (Å²) in [5, 5.41) is 10.7. The van der Waals surface area contributed by atoms with E-state index in [9.17, 15) is 5.11 Å². The molecule has 0 saturated carbocycles. The third-order valence-electron chi connectivity index (χ3n) is 4.95. The highest BCUT2D eigenvalue weighted by Gasteiger charge is 2.16. The first kappa shape index (κ1) is 20.2. The van der Waals surface area contributed by atoms with Gasteiger partial charge in [-0.05, 0) is 29.3 Å². The molecule has 5 nitrogen and oxygen atoms in total. The van der Waals surface area contributed by atoms with Gasteiger partial charge in [0.2, 0.25) is 0 Å². The summed E-state index contributed by atoms with van der Waals surface area (Å²) in [6, 6.07) is 20.8. The Bertz CT molecular complexity index is 1200. The average Bonchev–Trinajstić information content (AvgIpc) is 2.83. The lowest BCUT2D eigenvalue weighted by atomic mass is 9.99. The first-order valence-electron chi connectivity index (χ1n) is 9.80. The molecule has 1 aromatic heterocycles. The summed E-state index contributed by atoms with van der Waals surface area (Å²) in [6.45, 7) is 4.16. The van der Waals surface area contributed by atoms with E-state index in [1.54, 1.807) is 31.5 Å². The minimum absolute atomic E-state index is 0.0781. The lowest BCUT2D eigenvalue weighted by molar-refractivity contribution is 0.304. The molecule has 0 unspecified atom stereocenters. The molecule has 0 amide bonds. The molecule has 0 fully saturated rings. The first-order valence-corrected chi connectivity index (χ1v) is 9.80. The van der Waals surface area contributed by atoms with Crippen molar-refractivity contribution < 1.29 is 14.6 Å². The van der Waals surface area contributed by atoms with Gasteiger partial charge in [-0.3, -0.25) is 0 Å². The molecule has 0 saturated heterocycles. The molecule has 3 aromatic carbocycles. The van der Waals surface area contributed by atoms with E-state index < -0.39 is 0 Å². The fraction of sp³-hybridized carbons (Fsp3) is 0.0769. The predicted molar refractivity (Wildman–Crippen MR) is 122 cm³/mol. The summed E-state index contributed by atoms with van der Waals surface area (Å²) in [6.07, 6.45) is 4.98. The van der Waals surface area contributed by atoms with E-state index in [4.69, 9.17) is 9.47 Å². The molecule has 31 heavy (non-hydrogen) atoms. The number of aromatic hydroxyl groups is 1. The third-order valence-corrected chi connectivity index (χ3v) is 4.95. The first-order chi connectivity index (χ1) is 15.2. The van der Waals surface area contributed by atoms with Gasteiger partial charge in [0.1, 0.15) is 30.2 Å². The molecule has 1 N–H and O–H groups in total. The molecule has 0 aliphatic heterocycles. The van der Waals surface area contributed by atoms with Gasteiger partial charge >= 0.3 is 0 Å². The maximum Gasteiger partial charge on any atom is 0.128 e. The fourth-order valence-electron chi connectivity index (χ4n) is 3.33. The second-order valence-electron chi connectivity index (χ2n) is 6.90. The third kappa shape index (κ3) is 4.41. The standard InChI is InChI=1S/C26H22N2O3/c1-3-18-8-10-19(11-9-18)16-31-20-12-13-22(24(29)14-20)26-23(15-27-17-28-26)21-6-4-5-7-25(21)30-2/h3-15,17,29H,1,16H2,2H3. The van der Waals surface area contributed by atoms with Crippen LogP contribution in [0.4, 0.5) is 0 Å². The van der Waals surface area contributed by atoms with Crippen LogP contribution >= 0.6 is 0 Å². The second kappa shape index (κ2) is 9.13. The number of benzene rings is 3. The summed E-state index contributed by atoms with van der Waals surface area (Å²) >= 11 is 0. The largest absolute Gasteiger partial charge is 0.507 e. The molecule has 0 atom stereocenters. The highest BCUT2D eigenvalue weighted by molar-refractivity contribution is 5.85. The predicted octanol–water partition coefficient (Wildman–Crippen LogP) is 5.75. The number of aromatic nitrogens is 2. The van der Waals surface area contributed by atoms with Crippen LogP contribution in [0, 0.1) is 0 Å². The van der Waals surface area contributed by atoms with Crippen LogP contribution in [-0.2, 0) is 6.61 Å². The van der Waals surface area contributed by atoms with Crippen molar-refractivity contribution in [3.05, 3.63) is 97.0 Å². The summed E-state index contributed by atoms with van der Waals surface area (Å²) in [4.78, 5) is 8.59. The summed E-state index contributed by atoms with van der Waals surface area (Å²) < 4.78 is 11.3. The number of ether oxygens (including phenoxy) is 2. The van der Waals surface area contributed by atoms with Crippen molar-refractivity contribution in [1.29, 1.82) is 0 Å². The molecule has 4 aromatic rings.